The van der Waals surface area contributed by atoms with E-state index in [0.29, 0.717) is 5.69 Å². The first kappa shape index (κ1) is 33.5. The SMILES string of the molecule is CCCCCCCCCCCCCCCCCCCCCCOc1ccc(N=Nc2ccc(C(=O)O)cc2)cc1. The van der Waals surface area contributed by atoms with Crippen molar-refractivity contribution in [3.63, 3.8) is 0 Å². The Morgan fingerprint density at radius 3 is 1.27 bits per heavy atom. The van der Waals surface area contributed by atoms with Crippen LogP contribution in [0.15, 0.2) is 58.8 Å². The van der Waals surface area contributed by atoms with Crippen LogP contribution in [-0.2, 0) is 0 Å². The second-order valence-corrected chi connectivity index (χ2v) is 11.1. The van der Waals surface area contributed by atoms with Crippen molar-refractivity contribution in [1.82, 2.24) is 0 Å². The summed E-state index contributed by atoms with van der Waals surface area (Å²) < 4.78 is 5.87. The largest absolute Gasteiger partial charge is 0.494 e. The monoisotopic (exact) mass is 550 g/mol. The van der Waals surface area contributed by atoms with E-state index >= 15 is 0 Å². The smallest absolute Gasteiger partial charge is 0.335 e. The van der Waals surface area contributed by atoms with Crippen molar-refractivity contribution in [2.75, 3.05) is 6.61 Å². The molecule has 0 heterocycles. The number of azo groups is 1. The minimum Gasteiger partial charge on any atom is -0.494 e. The Labute approximate surface area is 243 Å². The number of carboxylic acids is 1. The molecule has 40 heavy (non-hydrogen) atoms. The normalized spacial score (nSPS) is 11.3. The van der Waals surface area contributed by atoms with Gasteiger partial charge in [-0.1, -0.05) is 129 Å². The minimum absolute atomic E-state index is 0.237. The first-order valence-corrected chi connectivity index (χ1v) is 16.2. The molecule has 0 amide bonds. The molecule has 0 aromatic heterocycles. The molecular formula is C35H54N2O3. The number of nitrogens with zero attached hydrogens (tertiary/aromatic N) is 2. The summed E-state index contributed by atoms with van der Waals surface area (Å²) in [5.74, 6) is -0.1000. The summed E-state index contributed by atoms with van der Waals surface area (Å²) in [6.07, 6.45) is 27.8. The molecule has 0 radical (unpaired) electrons. The molecular weight excluding hydrogens is 496 g/mol. The molecule has 2 rings (SSSR count). The zero-order valence-corrected chi connectivity index (χ0v) is 25.1. The van der Waals surface area contributed by atoms with Crippen molar-refractivity contribution < 1.29 is 14.6 Å². The van der Waals surface area contributed by atoms with Gasteiger partial charge in [0.15, 0.2) is 0 Å². The van der Waals surface area contributed by atoms with Gasteiger partial charge in [-0.05, 0) is 55.0 Å². The van der Waals surface area contributed by atoms with E-state index in [9.17, 15) is 4.79 Å². The zero-order chi connectivity index (χ0) is 28.5. The summed E-state index contributed by atoms with van der Waals surface area (Å²) in [4.78, 5) is 10.9. The number of benzene rings is 2. The lowest BCUT2D eigenvalue weighted by Gasteiger charge is -2.06. The van der Waals surface area contributed by atoms with Gasteiger partial charge < -0.3 is 9.84 Å². The molecule has 0 unspecified atom stereocenters. The predicted molar refractivity (Wildman–Crippen MR) is 168 cm³/mol. The molecule has 5 heteroatoms. The van der Waals surface area contributed by atoms with Crippen LogP contribution in [0.5, 0.6) is 5.75 Å². The zero-order valence-electron chi connectivity index (χ0n) is 25.1. The maximum absolute atomic E-state index is 10.9. The highest BCUT2D eigenvalue weighted by atomic mass is 16.5. The summed E-state index contributed by atoms with van der Waals surface area (Å²) in [5, 5.41) is 17.3. The number of carbonyl (C=O) groups is 1. The van der Waals surface area contributed by atoms with Gasteiger partial charge in [0.05, 0.1) is 23.5 Å². The molecule has 2 aromatic carbocycles. The summed E-state index contributed by atoms with van der Waals surface area (Å²) in [5.41, 5.74) is 1.58. The van der Waals surface area contributed by atoms with Gasteiger partial charge in [-0.2, -0.15) is 10.2 Å². The molecule has 0 aliphatic heterocycles. The average Bonchev–Trinajstić information content (AvgIpc) is 2.97. The quantitative estimate of drug-likeness (QED) is 0.0987. The summed E-state index contributed by atoms with van der Waals surface area (Å²) in [6.45, 7) is 3.04. The molecule has 0 atom stereocenters. The van der Waals surface area contributed by atoms with E-state index in [1.807, 2.05) is 24.3 Å². The topological polar surface area (TPSA) is 71.2 Å². The molecule has 0 spiro atoms. The fourth-order valence-corrected chi connectivity index (χ4v) is 4.94. The maximum atomic E-state index is 10.9. The first-order valence-electron chi connectivity index (χ1n) is 16.2. The Morgan fingerprint density at radius 2 is 0.900 bits per heavy atom. The number of unbranched alkanes of at least 4 members (excludes halogenated alkanes) is 19. The highest BCUT2D eigenvalue weighted by Gasteiger charge is 2.01. The van der Waals surface area contributed by atoms with Crippen molar-refractivity contribution in [3.05, 3.63) is 54.1 Å². The first-order chi connectivity index (χ1) is 19.7. The van der Waals surface area contributed by atoms with Gasteiger partial charge in [0, 0.05) is 0 Å². The van der Waals surface area contributed by atoms with Crippen LogP contribution in [0.3, 0.4) is 0 Å². The van der Waals surface area contributed by atoms with Crippen LogP contribution < -0.4 is 4.74 Å². The van der Waals surface area contributed by atoms with Crippen LogP contribution in [0.4, 0.5) is 11.4 Å². The molecule has 0 aliphatic rings. The van der Waals surface area contributed by atoms with E-state index < -0.39 is 5.97 Å². The van der Waals surface area contributed by atoms with E-state index in [0.717, 1.165) is 24.5 Å². The summed E-state index contributed by atoms with van der Waals surface area (Å²) >= 11 is 0. The van der Waals surface area contributed by atoms with Crippen LogP contribution >= 0.6 is 0 Å². The van der Waals surface area contributed by atoms with Gasteiger partial charge in [-0.3, -0.25) is 0 Å². The molecule has 5 nitrogen and oxygen atoms in total. The molecule has 222 valence electrons. The fraction of sp³-hybridized carbons (Fsp3) is 0.629. The van der Waals surface area contributed by atoms with Gasteiger partial charge in [0.2, 0.25) is 0 Å². The Morgan fingerprint density at radius 1 is 0.550 bits per heavy atom. The second kappa shape index (κ2) is 23.1. The van der Waals surface area contributed by atoms with Crippen molar-refractivity contribution in [3.8, 4) is 5.75 Å². The predicted octanol–water partition coefficient (Wildman–Crippen LogP) is 12.0. The third-order valence-electron chi connectivity index (χ3n) is 7.50. The number of hydrogen-bond acceptors (Lipinski definition) is 4. The van der Waals surface area contributed by atoms with E-state index in [1.54, 1.807) is 12.1 Å². The Hall–Kier alpha value is -2.69. The van der Waals surface area contributed by atoms with Crippen LogP contribution in [0.25, 0.3) is 0 Å². The van der Waals surface area contributed by atoms with E-state index in [-0.39, 0.29) is 5.56 Å². The molecule has 0 saturated carbocycles. The summed E-state index contributed by atoms with van der Waals surface area (Å²) in [7, 11) is 0. The second-order valence-electron chi connectivity index (χ2n) is 11.1. The Kier molecular flexibility index (Phi) is 19.3. The van der Waals surface area contributed by atoms with Crippen molar-refractivity contribution in [1.29, 1.82) is 0 Å². The number of ether oxygens (including phenoxy) is 1. The van der Waals surface area contributed by atoms with E-state index in [4.69, 9.17) is 9.84 Å². The molecule has 2 aromatic rings. The van der Waals surface area contributed by atoms with Crippen LogP contribution in [-0.4, -0.2) is 17.7 Å². The number of aromatic carboxylic acids is 1. The van der Waals surface area contributed by atoms with Crippen LogP contribution in [0, 0.1) is 0 Å². The Balaban J connectivity index is 1.35. The lowest BCUT2D eigenvalue weighted by atomic mass is 10.0. The third kappa shape index (κ3) is 17.1. The average molecular weight is 551 g/mol. The van der Waals surface area contributed by atoms with Gasteiger partial charge >= 0.3 is 5.97 Å². The number of hydrogen-bond donors (Lipinski definition) is 1. The van der Waals surface area contributed by atoms with Gasteiger partial charge in [0.1, 0.15) is 5.75 Å². The van der Waals surface area contributed by atoms with Crippen molar-refractivity contribution >= 4 is 17.3 Å². The van der Waals surface area contributed by atoms with Crippen LogP contribution in [0.1, 0.15) is 146 Å². The Bertz CT molecular complexity index is 909. The highest BCUT2D eigenvalue weighted by Crippen LogP contribution is 2.22. The fourth-order valence-electron chi connectivity index (χ4n) is 4.94. The summed E-state index contributed by atoms with van der Waals surface area (Å²) in [6, 6.07) is 13.9. The number of carboxylic acid groups (broad SMARTS) is 1. The van der Waals surface area contributed by atoms with E-state index in [2.05, 4.69) is 17.2 Å². The molecule has 0 aliphatic carbocycles. The van der Waals surface area contributed by atoms with Gasteiger partial charge in [-0.15, -0.1) is 0 Å². The standard InChI is InChI=1S/C35H54N2O3/c1-2-3-4-5-6-7-8-9-10-11-12-13-14-15-16-17-18-19-20-21-30-40-34-28-26-33(27-29-34)37-36-32-24-22-31(23-25-32)35(38)39/h22-29H,2-21,30H2,1H3,(H,38,39). The lowest BCUT2D eigenvalue weighted by molar-refractivity contribution is 0.0697. The highest BCUT2D eigenvalue weighted by molar-refractivity contribution is 5.87. The minimum atomic E-state index is -0.950. The number of rotatable bonds is 25. The lowest BCUT2D eigenvalue weighted by Crippen LogP contribution is -1.96. The third-order valence-corrected chi connectivity index (χ3v) is 7.50. The molecule has 0 bridgehead atoms. The maximum Gasteiger partial charge on any atom is 0.335 e. The van der Waals surface area contributed by atoms with E-state index in [1.165, 1.54) is 134 Å². The molecule has 0 saturated heterocycles. The van der Waals surface area contributed by atoms with Gasteiger partial charge in [0.25, 0.3) is 0 Å². The van der Waals surface area contributed by atoms with Crippen LogP contribution in [0.2, 0.25) is 0 Å². The van der Waals surface area contributed by atoms with Crippen molar-refractivity contribution in [2.24, 2.45) is 10.2 Å². The molecule has 0 fully saturated rings. The van der Waals surface area contributed by atoms with Gasteiger partial charge in [-0.25, -0.2) is 4.79 Å². The molecule has 1 N–H and O–H groups in total. The van der Waals surface area contributed by atoms with Crippen molar-refractivity contribution in [2.45, 2.75) is 135 Å².